The monoisotopic (exact) mass is 388 g/mol. The zero-order chi connectivity index (χ0) is 20.7. The molecule has 0 aromatic heterocycles. The number of piperidine rings is 1. The Balaban J connectivity index is 2.16. The van der Waals surface area contributed by atoms with Crippen molar-refractivity contribution in [3.05, 3.63) is 35.4 Å². The van der Waals surface area contributed by atoms with Gasteiger partial charge in [0.1, 0.15) is 6.04 Å². The fourth-order valence-electron chi connectivity index (χ4n) is 3.96. The molecule has 1 aliphatic heterocycles. The Morgan fingerprint density at radius 3 is 2.54 bits per heavy atom. The SMILES string of the molecule is CC(=O)N1CCC(N(Cc2ccc(C)cc2)CC(C)C)C[C@@H]1C(=O)NCCN. The fourth-order valence-corrected chi connectivity index (χ4v) is 3.96. The van der Waals surface area contributed by atoms with Crippen LogP contribution in [0.5, 0.6) is 0 Å². The second-order valence-corrected chi connectivity index (χ2v) is 8.30. The van der Waals surface area contributed by atoms with Crippen molar-refractivity contribution in [1.29, 1.82) is 0 Å². The van der Waals surface area contributed by atoms with Gasteiger partial charge in [-0.15, -0.1) is 0 Å². The maximum Gasteiger partial charge on any atom is 0.242 e. The van der Waals surface area contributed by atoms with Gasteiger partial charge in [-0.3, -0.25) is 14.5 Å². The van der Waals surface area contributed by atoms with Gasteiger partial charge in [-0.25, -0.2) is 0 Å². The molecule has 3 N–H and O–H groups in total. The van der Waals surface area contributed by atoms with E-state index >= 15 is 0 Å². The van der Waals surface area contributed by atoms with Crippen molar-refractivity contribution in [3.63, 3.8) is 0 Å². The molecule has 1 saturated heterocycles. The van der Waals surface area contributed by atoms with Gasteiger partial charge in [0.25, 0.3) is 0 Å². The van der Waals surface area contributed by atoms with Crippen LogP contribution < -0.4 is 11.1 Å². The van der Waals surface area contributed by atoms with Gasteiger partial charge in [0.2, 0.25) is 11.8 Å². The summed E-state index contributed by atoms with van der Waals surface area (Å²) in [6, 6.07) is 8.50. The van der Waals surface area contributed by atoms with Gasteiger partial charge in [0.05, 0.1) is 0 Å². The molecular weight excluding hydrogens is 352 g/mol. The predicted molar refractivity (Wildman–Crippen MR) is 113 cm³/mol. The van der Waals surface area contributed by atoms with Crippen LogP contribution in [0.15, 0.2) is 24.3 Å². The lowest BCUT2D eigenvalue weighted by atomic mass is 9.93. The lowest BCUT2D eigenvalue weighted by Gasteiger charge is -2.43. The Labute approximate surface area is 169 Å². The minimum atomic E-state index is -0.421. The maximum absolute atomic E-state index is 12.7. The number of nitrogens with one attached hydrogen (secondary N) is 1. The Morgan fingerprint density at radius 1 is 1.29 bits per heavy atom. The zero-order valence-electron chi connectivity index (χ0n) is 17.8. The molecule has 2 rings (SSSR count). The van der Waals surface area contributed by atoms with Gasteiger partial charge in [-0.2, -0.15) is 0 Å². The van der Waals surface area contributed by atoms with Crippen LogP contribution in [0.2, 0.25) is 0 Å². The van der Waals surface area contributed by atoms with Gasteiger partial charge < -0.3 is 16.0 Å². The summed E-state index contributed by atoms with van der Waals surface area (Å²) in [4.78, 5) is 28.9. The topological polar surface area (TPSA) is 78.7 Å². The quantitative estimate of drug-likeness (QED) is 0.713. The van der Waals surface area contributed by atoms with Crippen LogP contribution in [0.3, 0.4) is 0 Å². The molecule has 1 unspecified atom stereocenters. The number of nitrogens with zero attached hydrogens (tertiary/aromatic N) is 2. The van der Waals surface area contributed by atoms with E-state index in [1.165, 1.54) is 11.1 Å². The first kappa shape index (κ1) is 22.4. The summed E-state index contributed by atoms with van der Waals surface area (Å²) in [6.45, 7) is 11.4. The average Bonchev–Trinajstić information content (AvgIpc) is 2.66. The molecule has 1 fully saturated rings. The van der Waals surface area contributed by atoms with Gasteiger partial charge in [0, 0.05) is 45.7 Å². The minimum Gasteiger partial charge on any atom is -0.353 e. The van der Waals surface area contributed by atoms with E-state index in [-0.39, 0.29) is 17.9 Å². The summed E-state index contributed by atoms with van der Waals surface area (Å²) in [6.07, 6.45) is 1.55. The molecule has 1 aromatic carbocycles. The van der Waals surface area contributed by atoms with Crippen LogP contribution in [0.25, 0.3) is 0 Å². The van der Waals surface area contributed by atoms with Crippen molar-refractivity contribution in [2.75, 3.05) is 26.2 Å². The van der Waals surface area contributed by atoms with Crippen LogP contribution in [0.1, 0.15) is 44.7 Å². The van der Waals surface area contributed by atoms with Crippen molar-refractivity contribution in [3.8, 4) is 0 Å². The third-order valence-corrected chi connectivity index (χ3v) is 5.35. The third-order valence-electron chi connectivity index (χ3n) is 5.35. The van der Waals surface area contributed by atoms with E-state index in [4.69, 9.17) is 5.73 Å². The van der Waals surface area contributed by atoms with Gasteiger partial charge in [-0.05, 0) is 31.2 Å². The average molecular weight is 389 g/mol. The Hall–Kier alpha value is -1.92. The summed E-state index contributed by atoms with van der Waals surface area (Å²) < 4.78 is 0. The largest absolute Gasteiger partial charge is 0.353 e. The predicted octanol–water partition coefficient (Wildman–Crippen LogP) is 1.91. The molecule has 0 saturated carbocycles. The van der Waals surface area contributed by atoms with E-state index in [0.717, 1.165) is 19.5 Å². The lowest BCUT2D eigenvalue weighted by Crippen LogP contribution is -2.57. The number of hydrogen-bond donors (Lipinski definition) is 2. The molecular formula is C22H36N4O2. The summed E-state index contributed by atoms with van der Waals surface area (Å²) in [5, 5.41) is 2.87. The number of hydrogen-bond acceptors (Lipinski definition) is 4. The molecule has 2 atom stereocenters. The molecule has 1 aromatic rings. The second-order valence-electron chi connectivity index (χ2n) is 8.30. The highest BCUT2D eigenvalue weighted by molar-refractivity contribution is 5.87. The summed E-state index contributed by atoms with van der Waals surface area (Å²) in [7, 11) is 0. The number of likely N-dealkylation sites (tertiary alicyclic amines) is 1. The zero-order valence-corrected chi connectivity index (χ0v) is 17.8. The minimum absolute atomic E-state index is 0.0414. The van der Waals surface area contributed by atoms with Crippen molar-refractivity contribution >= 4 is 11.8 Å². The Bertz CT molecular complexity index is 644. The number of rotatable bonds is 8. The highest BCUT2D eigenvalue weighted by atomic mass is 16.2. The van der Waals surface area contributed by atoms with Gasteiger partial charge >= 0.3 is 0 Å². The number of amides is 2. The van der Waals surface area contributed by atoms with Crippen LogP contribution in [0.4, 0.5) is 0 Å². The molecule has 0 bridgehead atoms. The summed E-state index contributed by atoms with van der Waals surface area (Å²) in [5.41, 5.74) is 8.06. The second kappa shape index (κ2) is 10.6. The first-order valence-corrected chi connectivity index (χ1v) is 10.4. The number of carbonyl (C=O) groups is 2. The van der Waals surface area contributed by atoms with E-state index < -0.39 is 6.04 Å². The third kappa shape index (κ3) is 6.31. The molecule has 6 nitrogen and oxygen atoms in total. The molecule has 2 amide bonds. The van der Waals surface area contributed by atoms with E-state index in [9.17, 15) is 9.59 Å². The Morgan fingerprint density at radius 2 is 1.96 bits per heavy atom. The lowest BCUT2D eigenvalue weighted by molar-refractivity contribution is -0.142. The molecule has 156 valence electrons. The normalized spacial score (nSPS) is 19.9. The van der Waals surface area contributed by atoms with E-state index in [2.05, 4.69) is 55.3 Å². The number of nitrogens with two attached hydrogens (primary N) is 1. The van der Waals surface area contributed by atoms with E-state index in [1.54, 1.807) is 11.8 Å². The van der Waals surface area contributed by atoms with Gasteiger partial charge in [-0.1, -0.05) is 43.7 Å². The molecule has 28 heavy (non-hydrogen) atoms. The standard InChI is InChI=1S/C22H36N4O2/c1-16(2)14-25(15-19-7-5-17(3)6-8-19)20-9-12-26(18(4)27)21(13-20)22(28)24-11-10-23/h5-8,16,20-21H,9-15,23H2,1-4H3,(H,24,28)/t20?,21-/m1/s1. The van der Waals surface area contributed by atoms with E-state index in [0.29, 0.717) is 32.0 Å². The van der Waals surface area contributed by atoms with Crippen molar-refractivity contribution in [2.45, 2.75) is 59.2 Å². The molecule has 0 aliphatic carbocycles. The highest BCUT2D eigenvalue weighted by Gasteiger charge is 2.37. The number of carbonyl (C=O) groups excluding carboxylic acids is 2. The summed E-state index contributed by atoms with van der Waals surface area (Å²) in [5.74, 6) is 0.395. The molecule has 1 heterocycles. The van der Waals surface area contributed by atoms with Crippen LogP contribution in [0, 0.1) is 12.8 Å². The molecule has 0 spiro atoms. The number of aryl methyl sites for hydroxylation is 1. The maximum atomic E-state index is 12.7. The molecule has 1 aliphatic rings. The molecule has 0 radical (unpaired) electrons. The highest BCUT2D eigenvalue weighted by Crippen LogP contribution is 2.25. The Kier molecular flexibility index (Phi) is 8.45. The van der Waals surface area contributed by atoms with Crippen molar-refractivity contribution < 1.29 is 9.59 Å². The first-order chi connectivity index (χ1) is 13.3. The van der Waals surface area contributed by atoms with Crippen molar-refractivity contribution in [2.24, 2.45) is 11.7 Å². The molecule has 6 heteroatoms. The number of benzene rings is 1. The van der Waals surface area contributed by atoms with Gasteiger partial charge in [0.15, 0.2) is 0 Å². The smallest absolute Gasteiger partial charge is 0.242 e. The summed E-state index contributed by atoms with van der Waals surface area (Å²) >= 11 is 0. The fraction of sp³-hybridized carbons (Fsp3) is 0.636. The first-order valence-electron chi connectivity index (χ1n) is 10.4. The van der Waals surface area contributed by atoms with Crippen LogP contribution >= 0.6 is 0 Å². The van der Waals surface area contributed by atoms with E-state index in [1.807, 2.05) is 0 Å². The van der Waals surface area contributed by atoms with Crippen LogP contribution in [-0.2, 0) is 16.1 Å². The van der Waals surface area contributed by atoms with Crippen LogP contribution in [-0.4, -0.2) is 59.9 Å². The van der Waals surface area contributed by atoms with Crippen molar-refractivity contribution in [1.82, 2.24) is 15.1 Å².